The summed E-state index contributed by atoms with van der Waals surface area (Å²) in [6.07, 6.45) is 2.52. The average molecular weight is 331 g/mol. The van der Waals surface area contributed by atoms with Crippen molar-refractivity contribution >= 4 is 44.8 Å². The molecule has 18 heavy (non-hydrogen) atoms. The van der Waals surface area contributed by atoms with Gasteiger partial charge in [-0.2, -0.15) is 0 Å². The monoisotopic (exact) mass is 329 g/mol. The van der Waals surface area contributed by atoms with Gasteiger partial charge in [0.15, 0.2) is 0 Å². The maximum atomic E-state index is 11.9. The average Bonchev–Trinajstić information content (AvgIpc) is 2.27. The molecule has 0 bridgehead atoms. The summed E-state index contributed by atoms with van der Waals surface area (Å²) in [6, 6.07) is 4.23. The van der Waals surface area contributed by atoms with Crippen LogP contribution in [0.15, 0.2) is 23.1 Å². The minimum Gasteiger partial charge on any atom is -0.211 e. The Balaban J connectivity index is 2.63. The zero-order chi connectivity index (χ0) is 13.6. The van der Waals surface area contributed by atoms with Crippen LogP contribution in [0, 0.1) is 0 Å². The van der Waals surface area contributed by atoms with Crippen LogP contribution in [0.2, 0.25) is 10.0 Å². The third kappa shape index (κ3) is 5.33. The molecule has 0 aromatic heterocycles. The summed E-state index contributed by atoms with van der Waals surface area (Å²) in [7, 11) is -3.54. The second-order valence-corrected chi connectivity index (χ2v) is 6.77. The number of alkyl halides is 1. The highest BCUT2D eigenvalue weighted by Crippen LogP contribution is 2.22. The van der Waals surface area contributed by atoms with E-state index in [0.717, 1.165) is 19.3 Å². The Morgan fingerprint density at radius 2 is 1.61 bits per heavy atom. The van der Waals surface area contributed by atoms with E-state index in [-0.39, 0.29) is 4.90 Å². The van der Waals surface area contributed by atoms with Crippen LogP contribution in [-0.4, -0.2) is 20.8 Å². The molecule has 0 atom stereocenters. The molecule has 0 unspecified atom stereocenters. The third-order valence-corrected chi connectivity index (χ3v) is 4.39. The van der Waals surface area contributed by atoms with Crippen LogP contribution in [0.4, 0.5) is 0 Å². The summed E-state index contributed by atoms with van der Waals surface area (Å²) < 4.78 is 26.3. The van der Waals surface area contributed by atoms with Gasteiger partial charge in [0.1, 0.15) is 0 Å². The lowest BCUT2D eigenvalue weighted by atomic mass is 10.2. The van der Waals surface area contributed by atoms with Gasteiger partial charge in [-0.1, -0.05) is 29.6 Å². The Labute approximate surface area is 122 Å². The molecule has 0 aliphatic carbocycles. The normalized spacial score (nSPS) is 11.7. The predicted molar refractivity (Wildman–Crippen MR) is 76.2 cm³/mol. The summed E-state index contributed by atoms with van der Waals surface area (Å²) in [5.74, 6) is 0.594. The number of unbranched alkanes of at least 4 members (excludes halogenated alkanes) is 2. The first-order valence-electron chi connectivity index (χ1n) is 5.47. The Morgan fingerprint density at radius 1 is 1.00 bits per heavy atom. The second kappa shape index (κ2) is 7.56. The third-order valence-electron chi connectivity index (χ3n) is 2.25. The van der Waals surface area contributed by atoms with Gasteiger partial charge in [-0.05, 0) is 31.0 Å². The van der Waals surface area contributed by atoms with Gasteiger partial charge in [0.05, 0.1) is 4.90 Å². The maximum Gasteiger partial charge on any atom is 0.240 e. The molecule has 0 radical (unpaired) electrons. The van der Waals surface area contributed by atoms with Crippen LogP contribution in [0.3, 0.4) is 0 Å². The SMILES string of the molecule is O=S(=O)(NCCCCCCl)c1cc(Cl)cc(Cl)c1. The largest absolute Gasteiger partial charge is 0.240 e. The van der Waals surface area contributed by atoms with Gasteiger partial charge in [-0.25, -0.2) is 13.1 Å². The van der Waals surface area contributed by atoms with Gasteiger partial charge in [0, 0.05) is 22.5 Å². The quantitative estimate of drug-likeness (QED) is 0.612. The molecule has 0 saturated carbocycles. The van der Waals surface area contributed by atoms with Gasteiger partial charge in [-0.15, -0.1) is 11.6 Å². The molecule has 102 valence electrons. The van der Waals surface area contributed by atoms with Gasteiger partial charge in [0.25, 0.3) is 0 Å². The maximum absolute atomic E-state index is 11.9. The van der Waals surface area contributed by atoms with Crippen molar-refractivity contribution in [3.8, 4) is 0 Å². The second-order valence-electron chi connectivity index (χ2n) is 3.75. The van der Waals surface area contributed by atoms with Crippen LogP contribution in [0.5, 0.6) is 0 Å². The molecule has 1 aromatic rings. The lowest BCUT2D eigenvalue weighted by Crippen LogP contribution is -2.24. The lowest BCUT2D eigenvalue weighted by molar-refractivity contribution is 0.576. The fraction of sp³-hybridized carbons (Fsp3) is 0.455. The van der Waals surface area contributed by atoms with Crippen LogP contribution in [0.25, 0.3) is 0 Å². The van der Waals surface area contributed by atoms with Crippen molar-refractivity contribution in [2.75, 3.05) is 12.4 Å². The van der Waals surface area contributed by atoms with Gasteiger partial charge >= 0.3 is 0 Å². The van der Waals surface area contributed by atoms with Crippen molar-refractivity contribution in [1.82, 2.24) is 4.72 Å². The van der Waals surface area contributed by atoms with Gasteiger partial charge < -0.3 is 0 Å². The smallest absolute Gasteiger partial charge is 0.211 e. The summed E-state index contributed by atoms with van der Waals surface area (Å²) >= 11 is 17.1. The molecule has 7 heteroatoms. The highest BCUT2D eigenvalue weighted by molar-refractivity contribution is 7.89. The first-order chi connectivity index (χ1) is 8.45. The number of nitrogens with one attached hydrogen (secondary N) is 1. The highest BCUT2D eigenvalue weighted by Gasteiger charge is 2.14. The van der Waals surface area contributed by atoms with Crippen LogP contribution in [-0.2, 0) is 10.0 Å². The van der Waals surface area contributed by atoms with Crippen LogP contribution < -0.4 is 4.72 Å². The number of hydrogen-bond donors (Lipinski definition) is 1. The Morgan fingerprint density at radius 3 is 2.17 bits per heavy atom. The topological polar surface area (TPSA) is 46.2 Å². The molecule has 3 nitrogen and oxygen atoms in total. The van der Waals surface area contributed by atoms with E-state index >= 15 is 0 Å². The van der Waals surface area contributed by atoms with Crippen molar-refractivity contribution in [2.45, 2.75) is 24.2 Å². The summed E-state index contributed by atoms with van der Waals surface area (Å²) in [4.78, 5) is 0.0809. The molecule has 0 fully saturated rings. The molecular weight excluding hydrogens is 317 g/mol. The molecule has 0 heterocycles. The molecule has 0 amide bonds. The Bertz CT molecular complexity index is 471. The molecular formula is C11H14Cl3NO2S. The molecule has 1 rings (SSSR count). The van der Waals surface area contributed by atoms with E-state index in [1.165, 1.54) is 18.2 Å². The number of sulfonamides is 1. The zero-order valence-corrected chi connectivity index (χ0v) is 12.7. The van der Waals surface area contributed by atoms with Crippen LogP contribution >= 0.6 is 34.8 Å². The van der Waals surface area contributed by atoms with Crippen LogP contribution in [0.1, 0.15) is 19.3 Å². The van der Waals surface area contributed by atoms with Gasteiger partial charge in [-0.3, -0.25) is 0 Å². The predicted octanol–water partition coefficient (Wildman–Crippen LogP) is 3.68. The molecule has 0 aliphatic rings. The molecule has 1 N–H and O–H groups in total. The summed E-state index contributed by atoms with van der Waals surface area (Å²) in [5, 5.41) is 0.593. The first-order valence-corrected chi connectivity index (χ1v) is 8.25. The van der Waals surface area contributed by atoms with E-state index in [4.69, 9.17) is 34.8 Å². The minimum atomic E-state index is -3.54. The highest BCUT2D eigenvalue weighted by atomic mass is 35.5. The number of halogens is 3. The van der Waals surface area contributed by atoms with E-state index in [1.54, 1.807) is 0 Å². The summed E-state index contributed by atoms with van der Waals surface area (Å²) in [5.41, 5.74) is 0. The number of rotatable bonds is 7. The molecule has 0 saturated heterocycles. The van der Waals surface area contributed by atoms with E-state index in [2.05, 4.69) is 4.72 Å². The van der Waals surface area contributed by atoms with Crippen molar-refractivity contribution < 1.29 is 8.42 Å². The van der Waals surface area contributed by atoms with E-state index in [9.17, 15) is 8.42 Å². The van der Waals surface area contributed by atoms with E-state index in [0.29, 0.717) is 22.5 Å². The lowest BCUT2D eigenvalue weighted by Gasteiger charge is -2.07. The zero-order valence-electron chi connectivity index (χ0n) is 9.63. The molecule has 0 aliphatic heterocycles. The fourth-order valence-electron chi connectivity index (χ4n) is 1.37. The fourth-order valence-corrected chi connectivity index (χ4v) is 3.36. The Hall–Kier alpha value is -0.000000000000000139. The standard InChI is InChI=1S/C11H14Cl3NO2S/c12-4-2-1-3-5-15-18(16,17)11-7-9(13)6-10(14)8-11/h6-8,15H,1-5H2. The molecule has 1 aromatic carbocycles. The minimum absolute atomic E-state index is 0.0809. The van der Waals surface area contributed by atoms with E-state index in [1.807, 2.05) is 0 Å². The molecule has 0 spiro atoms. The summed E-state index contributed by atoms with van der Waals surface area (Å²) in [6.45, 7) is 0.378. The van der Waals surface area contributed by atoms with E-state index < -0.39 is 10.0 Å². The number of benzene rings is 1. The van der Waals surface area contributed by atoms with Crippen molar-refractivity contribution in [1.29, 1.82) is 0 Å². The van der Waals surface area contributed by atoms with Crippen molar-refractivity contribution in [3.63, 3.8) is 0 Å². The first kappa shape index (κ1) is 16.1. The van der Waals surface area contributed by atoms with Crippen molar-refractivity contribution in [2.24, 2.45) is 0 Å². The van der Waals surface area contributed by atoms with Gasteiger partial charge in [0.2, 0.25) is 10.0 Å². The number of hydrogen-bond acceptors (Lipinski definition) is 2. The Kier molecular flexibility index (Phi) is 6.74. The van der Waals surface area contributed by atoms with Crippen molar-refractivity contribution in [3.05, 3.63) is 28.2 Å².